The summed E-state index contributed by atoms with van der Waals surface area (Å²) in [6.45, 7) is 6.47. The molecule has 0 aliphatic heterocycles. The second-order valence-electron chi connectivity index (χ2n) is 8.41. The standard InChI is InChI=1S/C26H30N8O/c1-6-9-27-21(7-2)22-8-10-28-26(32-22)30-20-11-17(3)24-19(12-20)13-23(31-24)25(35)33(4)15-18-14-29-34(5)16-18/h7-14,16,31H,6,15H2,1-5H3,(H,28,30,32)/b21-7-,27-9?. The molecule has 0 spiro atoms. The predicted molar refractivity (Wildman–Crippen MR) is 140 cm³/mol. The molecule has 4 rings (SSSR count). The highest BCUT2D eigenvalue weighted by molar-refractivity contribution is 5.99. The number of aliphatic imine (C=N–C) groups is 1. The van der Waals surface area contributed by atoms with Crippen LogP contribution in [0.25, 0.3) is 16.6 Å². The Labute approximate surface area is 204 Å². The van der Waals surface area contributed by atoms with Crippen LogP contribution in [0.1, 0.15) is 47.6 Å². The van der Waals surface area contributed by atoms with E-state index in [2.05, 4.69) is 30.4 Å². The monoisotopic (exact) mass is 470 g/mol. The third-order valence-corrected chi connectivity index (χ3v) is 5.54. The normalized spacial score (nSPS) is 12.0. The minimum Gasteiger partial charge on any atom is -0.350 e. The molecular formula is C26H30N8O. The van der Waals surface area contributed by atoms with Gasteiger partial charge in [0.15, 0.2) is 0 Å². The van der Waals surface area contributed by atoms with Crippen molar-refractivity contribution >= 4 is 40.4 Å². The quantitative estimate of drug-likeness (QED) is 0.358. The first kappa shape index (κ1) is 23.9. The zero-order chi connectivity index (χ0) is 24.9. The van der Waals surface area contributed by atoms with E-state index in [0.717, 1.165) is 45.5 Å². The summed E-state index contributed by atoms with van der Waals surface area (Å²) in [5, 5.41) is 8.39. The van der Waals surface area contributed by atoms with E-state index in [1.807, 2.05) is 70.6 Å². The minimum atomic E-state index is -0.0819. The summed E-state index contributed by atoms with van der Waals surface area (Å²) in [7, 11) is 3.65. The molecule has 3 heterocycles. The van der Waals surface area contributed by atoms with Gasteiger partial charge in [-0.2, -0.15) is 5.10 Å². The highest BCUT2D eigenvalue weighted by Crippen LogP contribution is 2.26. The summed E-state index contributed by atoms with van der Waals surface area (Å²) in [6, 6.07) is 7.71. The van der Waals surface area contributed by atoms with Gasteiger partial charge in [0, 0.05) is 61.4 Å². The van der Waals surface area contributed by atoms with Crippen LogP contribution in [0.4, 0.5) is 11.6 Å². The fraction of sp³-hybridized carbons (Fsp3) is 0.269. The number of aromatic nitrogens is 5. The molecule has 35 heavy (non-hydrogen) atoms. The number of carbonyl (C=O) groups excluding carboxylic acids is 1. The van der Waals surface area contributed by atoms with E-state index < -0.39 is 0 Å². The van der Waals surface area contributed by atoms with E-state index >= 15 is 0 Å². The number of H-pyrrole nitrogens is 1. The number of nitrogens with zero attached hydrogens (tertiary/aromatic N) is 6. The van der Waals surface area contributed by atoms with Crippen molar-refractivity contribution in [2.24, 2.45) is 12.0 Å². The number of fused-ring (bicyclic) bond motifs is 1. The van der Waals surface area contributed by atoms with Gasteiger partial charge in [0.25, 0.3) is 5.91 Å². The van der Waals surface area contributed by atoms with Crippen LogP contribution >= 0.6 is 0 Å². The van der Waals surface area contributed by atoms with Crippen molar-refractivity contribution in [1.29, 1.82) is 0 Å². The molecule has 1 amide bonds. The largest absolute Gasteiger partial charge is 0.350 e. The van der Waals surface area contributed by atoms with Gasteiger partial charge in [-0.1, -0.05) is 13.0 Å². The summed E-state index contributed by atoms with van der Waals surface area (Å²) < 4.78 is 1.73. The van der Waals surface area contributed by atoms with Crippen molar-refractivity contribution in [2.75, 3.05) is 12.4 Å². The highest BCUT2D eigenvalue weighted by atomic mass is 16.2. The van der Waals surface area contributed by atoms with Crippen LogP contribution < -0.4 is 5.32 Å². The Balaban J connectivity index is 1.55. The predicted octanol–water partition coefficient (Wildman–Crippen LogP) is 4.86. The molecule has 180 valence electrons. The number of hydrogen-bond donors (Lipinski definition) is 2. The van der Waals surface area contributed by atoms with E-state index in [9.17, 15) is 4.79 Å². The summed E-state index contributed by atoms with van der Waals surface area (Å²) >= 11 is 0. The molecule has 3 aromatic heterocycles. The van der Waals surface area contributed by atoms with E-state index in [-0.39, 0.29) is 5.91 Å². The molecule has 0 bridgehead atoms. The molecule has 0 fully saturated rings. The van der Waals surface area contributed by atoms with Crippen molar-refractivity contribution in [3.8, 4) is 0 Å². The van der Waals surface area contributed by atoms with Crippen molar-refractivity contribution in [1.82, 2.24) is 29.6 Å². The minimum absolute atomic E-state index is 0.0819. The zero-order valence-electron chi connectivity index (χ0n) is 20.7. The fourth-order valence-electron chi connectivity index (χ4n) is 3.89. The second kappa shape index (κ2) is 10.3. The summed E-state index contributed by atoms with van der Waals surface area (Å²) in [5.74, 6) is 0.400. The van der Waals surface area contributed by atoms with Gasteiger partial charge in [0.1, 0.15) is 5.69 Å². The molecular weight excluding hydrogens is 440 g/mol. The van der Waals surface area contributed by atoms with Crippen LogP contribution in [0.2, 0.25) is 0 Å². The number of carbonyl (C=O) groups is 1. The number of amides is 1. The molecule has 0 saturated carbocycles. The molecule has 9 nitrogen and oxygen atoms in total. The summed E-state index contributed by atoms with van der Waals surface area (Å²) in [6.07, 6.45) is 10.0. The maximum Gasteiger partial charge on any atom is 0.270 e. The number of benzene rings is 1. The maximum absolute atomic E-state index is 13.0. The third kappa shape index (κ3) is 5.46. The molecule has 1 aromatic carbocycles. The maximum atomic E-state index is 13.0. The Kier molecular flexibility index (Phi) is 7.05. The van der Waals surface area contributed by atoms with Crippen molar-refractivity contribution < 1.29 is 4.79 Å². The average molecular weight is 471 g/mol. The van der Waals surface area contributed by atoms with Crippen LogP contribution in [0, 0.1) is 6.92 Å². The number of aryl methyl sites for hydroxylation is 2. The Morgan fingerprint density at radius 2 is 2.14 bits per heavy atom. The third-order valence-electron chi connectivity index (χ3n) is 5.54. The molecule has 2 N–H and O–H groups in total. The van der Waals surface area contributed by atoms with Crippen LogP contribution in [-0.4, -0.2) is 48.8 Å². The molecule has 4 aromatic rings. The van der Waals surface area contributed by atoms with E-state index in [4.69, 9.17) is 0 Å². The lowest BCUT2D eigenvalue weighted by atomic mass is 10.1. The first-order valence-corrected chi connectivity index (χ1v) is 11.5. The topological polar surface area (TPSA) is 104 Å². The van der Waals surface area contributed by atoms with Gasteiger partial charge in [-0.05, 0) is 50.1 Å². The van der Waals surface area contributed by atoms with Gasteiger partial charge in [-0.15, -0.1) is 0 Å². The molecule has 9 heteroatoms. The van der Waals surface area contributed by atoms with Crippen LogP contribution in [-0.2, 0) is 13.6 Å². The summed E-state index contributed by atoms with van der Waals surface area (Å²) in [4.78, 5) is 31.4. The van der Waals surface area contributed by atoms with E-state index in [1.165, 1.54) is 0 Å². The van der Waals surface area contributed by atoms with Gasteiger partial charge < -0.3 is 15.2 Å². The molecule has 0 radical (unpaired) electrons. The Hall–Kier alpha value is -4.27. The molecule has 0 aliphatic carbocycles. The fourth-order valence-corrected chi connectivity index (χ4v) is 3.89. The second-order valence-corrected chi connectivity index (χ2v) is 8.41. The van der Waals surface area contributed by atoms with Gasteiger partial charge in [-0.3, -0.25) is 14.5 Å². The Morgan fingerprint density at radius 1 is 1.31 bits per heavy atom. The number of rotatable bonds is 8. The lowest BCUT2D eigenvalue weighted by molar-refractivity contribution is 0.0780. The number of allylic oxidation sites excluding steroid dienone is 1. The van der Waals surface area contributed by atoms with Crippen LogP contribution in [0.3, 0.4) is 0 Å². The van der Waals surface area contributed by atoms with Gasteiger partial charge in [0.2, 0.25) is 5.95 Å². The van der Waals surface area contributed by atoms with Crippen LogP contribution in [0.15, 0.2) is 53.9 Å². The van der Waals surface area contributed by atoms with Crippen molar-refractivity contribution in [2.45, 2.75) is 33.7 Å². The molecule has 0 saturated heterocycles. The summed E-state index contributed by atoms with van der Waals surface area (Å²) in [5.41, 5.74) is 5.84. The number of aromatic amines is 1. The number of anilines is 2. The lowest BCUT2D eigenvalue weighted by Crippen LogP contribution is -2.26. The average Bonchev–Trinajstić information content (AvgIpc) is 3.45. The smallest absolute Gasteiger partial charge is 0.270 e. The van der Waals surface area contributed by atoms with Crippen molar-refractivity contribution in [3.63, 3.8) is 0 Å². The van der Waals surface area contributed by atoms with E-state index in [1.54, 1.807) is 29.0 Å². The molecule has 0 aliphatic rings. The number of nitrogens with one attached hydrogen (secondary N) is 2. The first-order chi connectivity index (χ1) is 16.9. The highest BCUT2D eigenvalue weighted by Gasteiger charge is 2.17. The molecule has 0 atom stereocenters. The van der Waals surface area contributed by atoms with Crippen molar-refractivity contribution in [3.05, 3.63) is 71.4 Å². The first-order valence-electron chi connectivity index (χ1n) is 11.5. The molecule has 0 unspecified atom stereocenters. The number of hydrogen-bond acceptors (Lipinski definition) is 6. The Bertz CT molecular complexity index is 1410. The van der Waals surface area contributed by atoms with E-state index in [0.29, 0.717) is 18.2 Å². The van der Waals surface area contributed by atoms with Gasteiger partial charge >= 0.3 is 0 Å². The van der Waals surface area contributed by atoms with Gasteiger partial charge in [-0.25, -0.2) is 9.97 Å². The zero-order valence-corrected chi connectivity index (χ0v) is 20.7. The SMILES string of the molecule is C/C=C(\N=CCC)c1ccnc(Nc2cc(C)c3[nH]c(C(=O)N(C)Cc4cnn(C)c4)cc3c2)n1. The Morgan fingerprint density at radius 3 is 2.86 bits per heavy atom. The lowest BCUT2D eigenvalue weighted by Gasteiger charge is -2.15. The van der Waals surface area contributed by atoms with Crippen LogP contribution in [0.5, 0.6) is 0 Å². The van der Waals surface area contributed by atoms with Gasteiger partial charge in [0.05, 0.1) is 17.6 Å².